The smallest absolute Gasteiger partial charge is 0.262 e. The molecule has 0 atom stereocenters. The molecule has 7 nitrogen and oxygen atoms in total. The van der Waals surface area contributed by atoms with Gasteiger partial charge in [-0.3, -0.25) is 4.79 Å². The molecule has 0 saturated carbocycles. The molecule has 0 aliphatic carbocycles. The van der Waals surface area contributed by atoms with Gasteiger partial charge in [0.2, 0.25) is 10.0 Å². The minimum Gasteiger partial charge on any atom is -0.482 e. The molecule has 0 fully saturated rings. The summed E-state index contributed by atoms with van der Waals surface area (Å²) < 4.78 is 37.0. The number of ether oxygens (including phenoxy) is 2. The molecule has 2 aromatic carbocycles. The van der Waals surface area contributed by atoms with Crippen molar-refractivity contribution in [2.45, 2.75) is 31.1 Å². The molecule has 0 aliphatic rings. The van der Waals surface area contributed by atoms with Crippen LogP contribution in [0.15, 0.2) is 47.4 Å². The highest BCUT2D eigenvalue weighted by molar-refractivity contribution is 7.89. The largest absolute Gasteiger partial charge is 0.482 e. The predicted molar refractivity (Wildman–Crippen MR) is 118 cm³/mol. The molecule has 0 spiro atoms. The number of aryl methyl sites for hydroxylation is 1. The van der Waals surface area contributed by atoms with Gasteiger partial charge in [0.25, 0.3) is 5.91 Å². The van der Waals surface area contributed by atoms with Crippen molar-refractivity contribution in [3.05, 3.63) is 53.1 Å². The van der Waals surface area contributed by atoms with E-state index >= 15 is 0 Å². The Labute approximate surface area is 182 Å². The quantitative estimate of drug-likeness (QED) is 0.478. The number of hydrogen-bond acceptors (Lipinski definition) is 5. The van der Waals surface area contributed by atoms with E-state index in [2.05, 4.69) is 17.0 Å². The Bertz CT molecular complexity index is 933. The summed E-state index contributed by atoms with van der Waals surface area (Å²) in [5.74, 6) is -0.122. The molecule has 1 amide bonds. The van der Waals surface area contributed by atoms with Gasteiger partial charge in [0.15, 0.2) is 6.61 Å². The third kappa shape index (κ3) is 7.60. The molecule has 2 aromatic rings. The Kier molecular flexibility index (Phi) is 9.58. The Hall–Kier alpha value is -2.13. The highest BCUT2D eigenvalue weighted by Gasteiger charge is 2.16. The Morgan fingerprint density at radius 2 is 1.87 bits per heavy atom. The van der Waals surface area contributed by atoms with E-state index in [1.54, 1.807) is 0 Å². The van der Waals surface area contributed by atoms with Gasteiger partial charge >= 0.3 is 0 Å². The molecule has 9 heteroatoms. The van der Waals surface area contributed by atoms with Crippen LogP contribution in [0.2, 0.25) is 5.02 Å². The minimum atomic E-state index is -3.70. The van der Waals surface area contributed by atoms with E-state index in [0.29, 0.717) is 5.69 Å². The second-order valence-corrected chi connectivity index (χ2v) is 8.79. The maximum absolute atomic E-state index is 12.2. The van der Waals surface area contributed by atoms with E-state index < -0.39 is 10.0 Å². The van der Waals surface area contributed by atoms with Crippen molar-refractivity contribution in [2.24, 2.45) is 0 Å². The van der Waals surface area contributed by atoms with Crippen molar-refractivity contribution in [3.63, 3.8) is 0 Å². The first-order chi connectivity index (χ1) is 14.4. The molecule has 0 heterocycles. The van der Waals surface area contributed by atoms with Crippen molar-refractivity contribution in [2.75, 3.05) is 32.2 Å². The molecule has 0 aromatic heterocycles. The first-order valence-electron chi connectivity index (χ1n) is 9.65. The SMILES string of the molecule is CCCCc1ccc(NC(=O)COc2ccc(S(=O)(=O)NCCOC)cc2Cl)cc1. The maximum Gasteiger partial charge on any atom is 0.262 e. The van der Waals surface area contributed by atoms with Crippen LogP contribution in [0.1, 0.15) is 25.3 Å². The number of carbonyl (C=O) groups is 1. The number of methoxy groups -OCH3 is 1. The molecule has 0 unspecified atom stereocenters. The summed E-state index contributed by atoms with van der Waals surface area (Å²) in [4.78, 5) is 12.1. The number of amides is 1. The number of hydrogen-bond donors (Lipinski definition) is 2. The van der Waals surface area contributed by atoms with Crippen LogP contribution < -0.4 is 14.8 Å². The summed E-state index contributed by atoms with van der Waals surface area (Å²) in [6, 6.07) is 11.7. The molecular weight excluding hydrogens is 428 g/mol. The number of nitrogens with one attached hydrogen (secondary N) is 2. The number of carbonyl (C=O) groups excluding carboxylic acids is 1. The standard InChI is InChI=1S/C21H27ClN2O5S/c1-3-4-5-16-6-8-17(9-7-16)24-21(25)15-29-20-11-10-18(14-19(20)22)30(26,27)23-12-13-28-2/h6-11,14,23H,3-5,12-13,15H2,1-2H3,(H,24,25). The molecule has 2 rings (SSSR count). The normalized spacial score (nSPS) is 11.3. The number of sulfonamides is 1. The fraction of sp³-hybridized carbons (Fsp3) is 0.381. The van der Waals surface area contributed by atoms with Crippen molar-refractivity contribution < 1.29 is 22.7 Å². The Morgan fingerprint density at radius 1 is 1.13 bits per heavy atom. The molecule has 2 N–H and O–H groups in total. The van der Waals surface area contributed by atoms with Gasteiger partial charge in [0, 0.05) is 19.3 Å². The Balaban J connectivity index is 1.90. The number of unbranched alkanes of at least 4 members (excludes halogenated alkanes) is 1. The van der Waals surface area contributed by atoms with E-state index in [1.807, 2.05) is 24.3 Å². The lowest BCUT2D eigenvalue weighted by Crippen LogP contribution is -2.27. The fourth-order valence-electron chi connectivity index (χ4n) is 2.60. The highest BCUT2D eigenvalue weighted by Crippen LogP contribution is 2.27. The fourth-order valence-corrected chi connectivity index (χ4v) is 3.94. The van der Waals surface area contributed by atoms with E-state index in [4.69, 9.17) is 21.1 Å². The molecular formula is C21H27ClN2O5S. The van der Waals surface area contributed by atoms with E-state index in [1.165, 1.54) is 30.9 Å². The summed E-state index contributed by atoms with van der Waals surface area (Å²) in [6.45, 7) is 2.29. The minimum absolute atomic E-state index is 0.00330. The van der Waals surface area contributed by atoms with Crippen LogP contribution in [0, 0.1) is 0 Å². The number of anilines is 1. The van der Waals surface area contributed by atoms with Gasteiger partial charge in [0.1, 0.15) is 5.75 Å². The molecule has 30 heavy (non-hydrogen) atoms. The van der Waals surface area contributed by atoms with Gasteiger partial charge in [0.05, 0.1) is 16.5 Å². The first-order valence-corrected chi connectivity index (χ1v) is 11.5. The number of halogens is 1. The van der Waals surface area contributed by atoms with Crippen LogP contribution in [0.3, 0.4) is 0 Å². The zero-order valence-corrected chi connectivity index (χ0v) is 18.7. The van der Waals surface area contributed by atoms with Gasteiger partial charge in [-0.15, -0.1) is 0 Å². The lowest BCUT2D eigenvalue weighted by molar-refractivity contribution is -0.118. The zero-order chi connectivity index (χ0) is 22.0. The van der Waals surface area contributed by atoms with Crippen molar-refractivity contribution >= 4 is 33.2 Å². The molecule has 0 saturated heterocycles. The number of rotatable bonds is 12. The van der Waals surface area contributed by atoms with Crippen LogP contribution in [0.25, 0.3) is 0 Å². The second-order valence-electron chi connectivity index (χ2n) is 6.62. The first kappa shape index (κ1) is 24.1. The van der Waals surface area contributed by atoms with Crippen LogP contribution in [-0.4, -0.2) is 41.2 Å². The number of benzene rings is 2. The molecule has 164 valence electrons. The second kappa shape index (κ2) is 11.9. The van der Waals surface area contributed by atoms with Gasteiger partial charge in [-0.05, 0) is 48.7 Å². The molecule has 0 aliphatic heterocycles. The van der Waals surface area contributed by atoms with Crippen molar-refractivity contribution in [1.29, 1.82) is 0 Å². The lowest BCUT2D eigenvalue weighted by Gasteiger charge is -2.11. The predicted octanol–water partition coefficient (Wildman–Crippen LogP) is 3.62. The van der Waals surface area contributed by atoms with Gasteiger partial charge in [-0.1, -0.05) is 37.1 Å². The zero-order valence-electron chi connectivity index (χ0n) is 17.1. The lowest BCUT2D eigenvalue weighted by atomic mass is 10.1. The van der Waals surface area contributed by atoms with Crippen LogP contribution >= 0.6 is 11.6 Å². The van der Waals surface area contributed by atoms with E-state index in [0.717, 1.165) is 19.3 Å². The van der Waals surface area contributed by atoms with E-state index in [9.17, 15) is 13.2 Å². The summed E-state index contributed by atoms with van der Waals surface area (Å²) in [7, 11) is -2.22. The summed E-state index contributed by atoms with van der Waals surface area (Å²) >= 11 is 6.13. The van der Waals surface area contributed by atoms with Crippen molar-refractivity contribution in [3.8, 4) is 5.75 Å². The molecule has 0 bridgehead atoms. The Morgan fingerprint density at radius 3 is 2.50 bits per heavy atom. The van der Waals surface area contributed by atoms with Crippen LogP contribution in [-0.2, 0) is 26.0 Å². The topological polar surface area (TPSA) is 93.7 Å². The summed E-state index contributed by atoms with van der Waals surface area (Å²) in [5.41, 5.74) is 1.91. The van der Waals surface area contributed by atoms with Crippen molar-refractivity contribution in [1.82, 2.24) is 4.72 Å². The average Bonchev–Trinajstić information content (AvgIpc) is 2.72. The summed E-state index contributed by atoms with van der Waals surface area (Å²) in [6.07, 6.45) is 3.28. The van der Waals surface area contributed by atoms with Gasteiger partial charge < -0.3 is 14.8 Å². The maximum atomic E-state index is 12.2. The monoisotopic (exact) mass is 454 g/mol. The molecule has 0 radical (unpaired) electrons. The average molecular weight is 455 g/mol. The highest BCUT2D eigenvalue weighted by atomic mass is 35.5. The summed E-state index contributed by atoms with van der Waals surface area (Å²) in [5, 5.41) is 2.85. The van der Waals surface area contributed by atoms with E-state index in [-0.39, 0.29) is 41.3 Å². The van der Waals surface area contributed by atoms with Gasteiger partial charge in [-0.25, -0.2) is 13.1 Å². The third-order valence-electron chi connectivity index (χ3n) is 4.23. The van der Waals surface area contributed by atoms with Gasteiger partial charge in [-0.2, -0.15) is 0 Å². The third-order valence-corrected chi connectivity index (χ3v) is 5.98. The van der Waals surface area contributed by atoms with Crippen LogP contribution in [0.4, 0.5) is 5.69 Å². The van der Waals surface area contributed by atoms with Crippen LogP contribution in [0.5, 0.6) is 5.75 Å².